The average Bonchev–Trinajstić information content (AvgIpc) is 3.20. The van der Waals surface area contributed by atoms with Crippen molar-refractivity contribution in [1.29, 1.82) is 0 Å². The predicted molar refractivity (Wildman–Crippen MR) is 92.4 cm³/mol. The van der Waals surface area contributed by atoms with Gasteiger partial charge in [0.15, 0.2) is 0 Å². The second kappa shape index (κ2) is 5.37. The molecule has 0 spiro atoms. The first-order valence-corrected chi connectivity index (χ1v) is 9.04. The smallest absolute Gasteiger partial charge is 0.214 e. The molecule has 3 aromatic heterocycles. The largest absolute Gasteiger partial charge is 0.242 e. The molecule has 23 heavy (non-hydrogen) atoms. The lowest BCUT2D eigenvalue weighted by atomic mass is 9.69. The molecule has 5 nitrogen and oxygen atoms in total. The second-order valence-corrected chi connectivity index (χ2v) is 8.15. The monoisotopic (exact) mass is 327 g/mol. The number of hydrogen-bond donors (Lipinski definition) is 1. The minimum absolute atomic E-state index is 0.400. The topological polar surface area (TPSA) is 67.3 Å². The third kappa shape index (κ3) is 2.55. The van der Waals surface area contributed by atoms with E-state index in [-0.39, 0.29) is 0 Å². The van der Waals surface area contributed by atoms with Gasteiger partial charge in [0, 0.05) is 11.1 Å². The van der Waals surface area contributed by atoms with E-state index in [2.05, 4.69) is 53.5 Å². The van der Waals surface area contributed by atoms with Crippen molar-refractivity contribution in [2.45, 2.75) is 46.5 Å². The summed E-state index contributed by atoms with van der Waals surface area (Å²) in [6.07, 6.45) is 4.71. The minimum atomic E-state index is 0.400. The van der Waals surface area contributed by atoms with E-state index in [1.54, 1.807) is 11.3 Å². The molecular formula is C17H21N5S. The van der Waals surface area contributed by atoms with Crippen LogP contribution in [0.15, 0.2) is 12.1 Å². The number of hydrogen-bond acceptors (Lipinski definition) is 5. The number of nitrogens with zero attached hydrogens (tertiary/aromatic N) is 4. The van der Waals surface area contributed by atoms with Gasteiger partial charge in [0.2, 0.25) is 5.82 Å². The van der Waals surface area contributed by atoms with E-state index in [1.165, 1.54) is 29.5 Å². The maximum atomic E-state index is 4.92. The van der Waals surface area contributed by atoms with Crippen LogP contribution in [0.2, 0.25) is 0 Å². The van der Waals surface area contributed by atoms with Gasteiger partial charge < -0.3 is 0 Å². The zero-order valence-corrected chi connectivity index (χ0v) is 14.6. The SMILES string of the molecule is CCC(C)(C)C1CCc2nc3sc(-c4nn[nH]n4)cc3cc2C1. The number of rotatable bonds is 3. The quantitative estimate of drug-likeness (QED) is 0.789. The van der Waals surface area contributed by atoms with Crippen LogP contribution in [0, 0.1) is 11.3 Å². The van der Waals surface area contributed by atoms with Gasteiger partial charge in [-0.15, -0.1) is 21.5 Å². The number of aryl methyl sites for hydroxylation is 1. The van der Waals surface area contributed by atoms with E-state index in [0.29, 0.717) is 11.2 Å². The Morgan fingerprint density at radius 2 is 2.22 bits per heavy atom. The Morgan fingerprint density at radius 3 is 2.96 bits per heavy atom. The van der Waals surface area contributed by atoms with Crippen molar-refractivity contribution < 1.29 is 0 Å². The first kappa shape index (κ1) is 14.8. The van der Waals surface area contributed by atoms with Crippen LogP contribution in [0.4, 0.5) is 0 Å². The molecule has 4 rings (SSSR count). The highest BCUT2D eigenvalue weighted by Crippen LogP contribution is 2.41. The van der Waals surface area contributed by atoms with Crippen LogP contribution in [0.25, 0.3) is 20.9 Å². The Hall–Kier alpha value is -1.82. The third-order valence-corrected chi connectivity index (χ3v) is 6.50. The lowest BCUT2D eigenvalue weighted by molar-refractivity contribution is 0.182. The summed E-state index contributed by atoms with van der Waals surface area (Å²) in [5.74, 6) is 1.39. The lowest BCUT2D eigenvalue weighted by Crippen LogP contribution is -2.29. The molecule has 0 aromatic carbocycles. The van der Waals surface area contributed by atoms with Gasteiger partial charge >= 0.3 is 0 Å². The van der Waals surface area contributed by atoms with Gasteiger partial charge in [-0.2, -0.15) is 5.21 Å². The molecule has 6 heteroatoms. The van der Waals surface area contributed by atoms with Crippen molar-refractivity contribution in [3.8, 4) is 10.7 Å². The van der Waals surface area contributed by atoms with Crippen LogP contribution in [0.5, 0.6) is 0 Å². The van der Waals surface area contributed by atoms with Crippen molar-refractivity contribution in [2.75, 3.05) is 0 Å². The van der Waals surface area contributed by atoms with E-state index < -0.39 is 0 Å². The van der Waals surface area contributed by atoms with Crippen LogP contribution < -0.4 is 0 Å². The summed E-state index contributed by atoms with van der Waals surface area (Å²) in [4.78, 5) is 7.02. The normalized spacial score (nSPS) is 18.3. The molecule has 1 unspecified atom stereocenters. The Kier molecular flexibility index (Phi) is 3.44. The van der Waals surface area contributed by atoms with Gasteiger partial charge in [0.25, 0.3) is 0 Å². The Morgan fingerprint density at radius 1 is 1.35 bits per heavy atom. The second-order valence-electron chi connectivity index (χ2n) is 7.12. The Labute approximate surface area is 139 Å². The molecular weight excluding hydrogens is 306 g/mol. The number of aromatic nitrogens is 5. The van der Waals surface area contributed by atoms with Gasteiger partial charge in [-0.1, -0.05) is 27.2 Å². The fourth-order valence-corrected chi connectivity index (χ4v) is 4.42. The molecule has 120 valence electrons. The average molecular weight is 327 g/mol. The van der Waals surface area contributed by atoms with Crippen LogP contribution in [-0.4, -0.2) is 25.6 Å². The first-order chi connectivity index (χ1) is 11.1. The molecule has 0 amide bonds. The van der Waals surface area contributed by atoms with Gasteiger partial charge in [0.1, 0.15) is 4.83 Å². The van der Waals surface area contributed by atoms with Crippen LogP contribution in [0.1, 0.15) is 44.9 Å². The zero-order valence-electron chi connectivity index (χ0n) is 13.8. The molecule has 0 saturated heterocycles. The molecule has 0 aliphatic heterocycles. The summed E-state index contributed by atoms with van der Waals surface area (Å²) >= 11 is 1.64. The number of tetrazole rings is 1. The number of aromatic amines is 1. The standard InChI is InChI=1S/C17H21N5S/c1-4-17(2,3)12-5-6-13-10(8-12)7-11-9-14(23-16(11)18-13)15-19-21-22-20-15/h7,9,12H,4-6,8H2,1-3H3,(H,19,20,21,22). The number of thiophene rings is 1. The fourth-order valence-electron chi connectivity index (χ4n) is 3.46. The highest BCUT2D eigenvalue weighted by atomic mass is 32.1. The Balaban J connectivity index is 1.72. The molecule has 0 saturated carbocycles. The van der Waals surface area contributed by atoms with Crippen molar-refractivity contribution in [3.05, 3.63) is 23.4 Å². The summed E-state index contributed by atoms with van der Waals surface area (Å²) in [5.41, 5.74) is 3.10. The predicted octanol–water partition coefficient (Wildman–Crippen LogP) is 4.02. The summed E-state index contributed by atoms with van der Waals surface area (Å²) in [5, 5.41) is 15.5. The van der Waals surface area contributed by atoms with E-state index in [4.69, 9.17) is 4.98 Å². The maximum absolute atomic E-state index is 4.92. The van der Waals surface area contributed by atoms with Crippen molar-refractivity contribution >= 4 is 21.6 Å². The van der Waals surface area contributed by atoms with Crippen molar-refractivity contribution in [3.63, 3.8) is 0 Å². The molecule has 1 aliphatic rings. The Bertz CT molecular complexity index is 834. The summed E-state index contributed by atoms with van der Waals surface area (Å²) in [6, 6.07) is 4.46. The van der Waals surface area contributed by atoms with Crippen molar-refractivity contribution in [2.24, 2.45) is 11.3 Å². The molecule has 0 bridgehead atoms. The van der Waals surface area contributed by atoms with Gasteiger partial charge in [-0.25, -0.2) is 4.98 Å². The van der Waals surface area contributed by atoms with Crippen molar-refractivity contribution in [1.82, 2.24) is 25.6 Å². The van der Waals surface area contributed by atoms with Gasteiger partial charge in [-0.3, -0.25) is 0 Å². The number of pyridine rings is 1. The number of H-pyrrole nitrogens is 1. The molecule has 0 radical (unpaired) electrons. The highest BCUT2D eigenvalue weighted by molar-refractivity contribution is 7.21. The molecule has 1 atom stereocenters. The number of fused-ring (bicyclic) bond motifs is 2. The molecule has 1 N–H and O–H groups in total. The molecule has 1 aliphatic carbocycles. The highest BCUT2D eigenvalue weighted by Gasteiger charge is 2.31. The summed E-state index contributed by atoms with van der Waals surface area (Å²) < 4.78 is 0. The van der Waals surface area contributed by atoms with Crippen LogP contribution >= 0.6 is 11.3 Å². The summed E-state index contributed by atoms with van der Waals surface area (Å²) in [7, 11) is 0. The molecule has 3 aromatic rings. The number of nitrogens with one attached hydrogen (secondary N) is 1. The van der Waals surface area contributed by atoms with E-state index in [9.17, 15) is 0 Å². The fraction of sp³-hybridized carbons (Fsp3) is 0.529. The summed E-state index contributed by atoms with van der Waals surface area (Å²) in [6.45, 7) is 7.09. The molecule has 3 heterocycles. The van der Waals surface area contributed by atoms with Gasteiger partial charge in [-0.05, 0) is 53.5 Å². The maximum Gasteiger partial charge on any atom is 0.214 e. The van der Waals surface area contributed by atoms with E-state index in [1.807, 2.05) is 0 Å². The minimum Gasteiger partial charge on any atom is -0.242 e. The first-order valence-electron chi connectivity index (χ1n) is 8.23. The van der Waals surface area contributed by atoms with Crippen LogP contribution in [-0.2, 0) is 12.8 Å². The van der Waals surface area contributed by atoms with Crippen LogP contribution in [0.3, 0.4) is 0 Å². The van der Waals surface area contributed by atoms with Gasteiger partial charge in [0.05, 0.1) is 4.88 Å². The van der Waals surface area contributed by atoms with E-state index in [0.717, 1.165) is 28.5 Å². The zero-order chi connectivity index (χ0) is 16.0. The van der Waals surface area contributed by atoms with E-state index >= 15 is 0 Å². The molecule has 0 fully saturated rings. The lowest BCUT2D eigenvalue weighted by Gasteiger charge is -2.36. The third-order valence-electron chi connectivity index (χ3n) is 5.46.